The fraction of sp³-hybridized carbons (Fsp3) is 1.00. The predicted molar refractivity (Wildman–Crippen MR) is 59.6 cm³/mol. The molecule has 15 heavy (non-hydrogen) atoms. The SMILES string of the molecule is CC(C)CCCN(C)CCOP(=O)(O)O. The van der Waals surface area contributed by atoms with Crippen molar-refractivity contribution in [3.63, 3.8) is 0 Å². The molecule has 0 aromatic rings. The van der Waals surface area contributed by atoms with Crippen LogP contribution in [0, 0.1) is 5.92 Å². The van der Waals surface area contributed by atoms with E-state index in [1.54, 1.807) is 0 Å². The Morgan fingerprint density at radius 3 is 2.40 bits per heavy atom. The number of rotatable bonds is 8. The first kappa shape index (κ1) is 15.1. The van der Waals surface area contributed by atoms with Crippen molar-refractivity contribution in [2.75, 3.05) is 26.7 Å². The molecule has 0 unspecified atom stereocenters. The van der Waals surface area contributed by atoms with Crippen molar-refractivity contribution < 1.29 is 18.9 Å². The van der Waals surface area contributed by atoms with Crippen molar-refractivity contribution in [1.29, 1.82) is 0 Å². The number of nitrogens with zero attached hydrogens (tertiary/aromatic N) is 1. The summed E-state index contributed by atoms with van der Waals surface area (Å²) in [5, 5.41) is 0. The number of phosphoric acid groups is 1. The van der Waals surface area contributed by atoms with E-state index in [0.29, 0.717) is 12.5 Å². The molecular formula is C9H22NO4P. The second-order valence-corrected chi connectivity index (χ2v) is 5.40. The van der Waals surface area contributed by atoms with Crippen LogP contribution in [0.5, 0.6) is 0 Å². The maximum atomic E-state index is 10.4. The van der Waals surface area contributed by atoms with Gasteiger partial charge in [-0.05, 0) is 32.4 Å². The predicted octanol–water partition coefficient (Wildman–Crippen LogP) is 1.46. The minimum atomic E-state index is -4.29. The van der Waals surface area contributed by atoms with Crippen molar-refractivity contribution in [2.45, 2.75) is 26.7 Å². The van der Waals surface area contributed by atoms with Gasteiger partial charge in [-0.2, -0.15) is 0 Å². The molecule has 0 atom stereocenters. The fourth-order valence-electron chi connectivity index (χ4n) is 1.20. The van der Waals surface area contributed by atoms with Gasteiger partial charge in [0, 0.05) is 6.54 Å². The molecule has 0 heterocycles. The van der Waals surface area contributed by atoms with Gasteiger partial charge in [0.2, 0.25) is 0 Å². The summed E-state index contributed by atoms with van der Waals surface area (Å²) in [5.41, 5.74) is 0. The van der Waals surface area contributed by atoms with E-state index in [-0.39, 0.29) is 6.61 Å². The van der Waals surface area contributed by atoms with E-state index in [1.807, 2.05) is 11.9 Å². The van der Waals surface area contributed by atoms with Gasteiger partial charge < -0.3 is 14.7 Å². The summed E-state index contributed by atoms with van der Waals surface area (Å²) in [6.45, 7) is 5.90. The molecule has 0 radical (unpaired) electrons. The molecule has 2 N–H and O–H groups in total. The zero-order chi connectivity index (χ0) is 11.9. The normalized spacial score (nSPS) is 12.7. The van der Waals surface area contributed by atoms with E-state index in [2.05, 4.69) is 18.4 Å². The van der Waals surface area contributed by atoms with Crippen molar-refractivity contribution in [1.82, 2.24) is 4.90 Å². The fourth-order valence-corrected chi connectivity index (χ4v) is 1.52. The summed E-state index contributed by atoms with van der Waals surface area (Å²) in [5.74, 6) is 0.699. The first-order chi connectivity index (χ1) is 6.81. The van der Waals surface area contributed by atoms with Crippen LogP contribution in [0.25, 0.3) is 0 Å². The molecule has 0 saturated carbocycles. The smallest absolute Gasteiger partial charge is 0.304 e. The molecule has 0 saturated heterocycles. The Labute approximate surface area is 91.7 Å². The van der Waals surface area contributed by atoms with Gasteiger partial charge >= 0.3 is 7.82 Å². The Hall–Kier alpha value is 0.0700. The number of likely N-dealkylation sites (N-methyl/N-ethyl adjacent to an activating group) is 1. The van der Waals surface area contributed by atoms with Gasteiger partial charge in [-0.15, -0.1) is 0 Å². The van der Waals surface area contributed by atoms with Crippen LogP contribution in [0.2, 0.25) is 0 Å². The molecule has 0 rings (SSSR count). The minimum absolute atomic E-state index is 0.0719. The Balaban J connectivity index is 3.41. The zero-order valence-corrected chi connectivity index (χ0v) is 10.6. The second-order valence-electron chi connectivity index (χ2n) is 4.16. The standard InChI is InChI=1S/C9H22NO4P/c1-9(2)5-4-6-10(3)7-8-14-15(11,12)13/h9H,4-8H2,1-3H3,(H2,11,12,13). The Kier molecular flexibility index (Phi) is 7.40. The van der Waals surface area contributed by atoms with E-state index in [0.717, 1.165) is 13.0 Å². The highest BCUT2D eigenvalue weighted by atomic mass is 31.2. The summed E-state index contributed by atoms with van der Waals surface area (Å²) in [4.78, 5) is 18.9. The van der Waals surface area contributed by atoms with Gasteiger partial charge in [0.15, 0.2) is 0 Å². The molecule has 0 aliphatic rings. The lowest BCUT2D eigenvalue weighted by molar-refractivity contribution is 0.171. The van der Waals surface area contributed by atoms with Crippen LogP contribution in [0.1, 0.15) is 26.7 Å². The van der Waals surface area contributed by atoms with Gasteiger partial charge in [-0.25, -0.2) is 4.57 Å². The molecule has 0 aromatic carbocycles. The molecule has 6 heteroatoms. The Morgan fingerprint density at radius 1 is 1.33 bits per heavy atom. The lowest BCUT2D eigenvalue weighted by Crippen LogP contribution is -2.24. The molecule has 5 nitrogen and oxygen atoms in total. The molecule has 0 bridgehead atoms. The molecule has 0 spiro atoms. The first-order valence-electron chi connectivity index (χ1n) is 5.20. The summed E-state index contributed by atoms with van der Waals surface area (Å²) >= 11 is 0. The minimum Gasteiger partial charge on any atom is -0.304 e. The highest BCUT2D eigenvalue weighted by Crippen LogP contribution is 2.35. The number of hydrogen-bond acceptors (Lipinski definition) is 3. The maximum Gasteiger partial charge on any atom is 0.469 e. The van der Waals surface area contributed by atoms with Gasteiger partial charge in [-0.1, -0.05) is 13.8 Å². The quantitative estimate of drug-likeness (QED) is 0.627. The van der Waals surface area contributed by atoms with Crippen LogP contribution in [0.3, 0.4) is 0 Å². The Morgan fingerprint density at radius 2 is 1.93 bits per heavy atom. The van der Waals surface area contributed by atoms with E-state index in [4.69, 9.17) is 9.79 Å². The third kappa shape index (κ3) is 12.0. The third-order valence-electron chi connectivity index (χ3n) is 2.05. The lowest BCUT2D eigenvalue weighted by Gasteiger charge is -2.17. The molecular weight excluding hydrogens is 217 g/mol. The zero-order valence-electron chi connectivity index (χ0n) is 9.72. The summed E-state index contributed by atoms with van der Waals surface area (Å²) in [6, 6.07) is 0. The summed E-state index contributed by atoms with van der Waals surface area (Å²) < 4.78 is 14.7. The second kappa shape index (κ2) is 7.36. The number of phosphoric ester groups is 1. The topological polar surface area (TPSA) is 70.0 Å². The van der Waals surface area contributed by atoms with Gasteiger partial charge in [0.05, 0.1) is 6.61 Å². The van der Waals surface area contributed by atoms with Crippen LogP contribution in [-0.2, 0) is 9.09 Å². The molecule has 0 aliphatic heterocycles. The van der Waals surface area contributed by atoms with Crippen molar-refractivity contribution in [3.05, 3.63) is 0 Å². The Bertz CT molecular complexity index is 204. The first-order valence-corrected chi connectivity index (χ1v) is 6.73. The lowest BCUT2D eigenvalue weighted by atomic mass is 10.1. The van der Waals surface area contributed by atoms with Crippen molar-refractivity contribution in [3.8, 4) is 0 Å². The molecule has 0 fully saturated rings. The third-order valence-corrected chi connectivity index (χ3v) is 2.57. The molecule has 0 amide bonds. The maximum absolute atomic E-state index is 10.4. The van der Waals surface area contributed by atoms with Crippen LogP contribution in [0.15, 0.2) is 0 Å². The average molecular weight is 239 g/mol. The van der Waals surface area contributed by atoms with E-state index < -0.39 is 7.82 Å². The van der Waals surface area contributed by atoms with Crippen LogP contribution >= 0.6 is 7.82 Å². The van der Waals surface area contributed by atoms with Crippen molar-refractivity contribution >= 4 is 7.82 Å². The summed E-state index contributed by atoms with van der Waals surface area (Å²) in [7, 11) is -2.37. The highest BCUT2D eigenvalue weighted by Gasteiger charge is 2.13. The summed E-state index contributed by atoms with van der Waals surface area (Å²) in [6.07, 6.45) is 2.27. The molecule has 92 valence electrons. The van der Waals surface area contributed by atoms with E-state index in [1.165, 1.54) is 6.42 Å². The van der Waals surface area contributed by atoms with E-state index >= 15 is 0 Å². The van der Waals surface area contributed by atoms with Crippen molar-refractivity contribution in [2.24, 2.45) is 5.92 Å². The van der Waals surface area contributed by atoms with Gasteiger partial charge in [0.25, 0.3) is 0 Å². The van der Waals surface area contributed by atoms with E-state index in [9.17, 15) is 4.57 Å². The number of hydrogen-bond donors (Lipinski definition) is 2. The van der Waals surface area contributed by atoms with Crippen LogP contribution in [0.4, 0.5) is 0 Å². The average Bonchev–Trinajstić information content (AvgIpc) is 2.00. The van der Waals surface area contributed by atoms with Crippen LogP contribution in [-0.4, -0.2) is 41.4 Å². The molecule has 0 aromatic heterocycles. The van der Waals surface area contributed by atoms with Gasteiger partial charge in [-0.3, -0.25) is 4.52 Å². The van der Waals surface area contributed by atoms with Gasteiger partial charge in [0.1, 0.15) is 0 Å². The largest absolute Gasteiger partial charge is 0.469 e. The molecule has 0 aliphatic carbocycles. The highest BCUT2D eigenvalue weighted by molar-refractivity contribution is 7.46. The monoisotopic (exact) mass is 239 g/mol. The van der Waals surface area contributed by atoms with Crippen LogP contribution < -0.4 is 0 Å².